The molecule has 0 aliphatic rings. The molecule has 3 N–H and O–H groups in total. The lowest BCUT2D eigenvalue weighted by atomic mass is 10.2. The molecule has 96 valence electrons. The van der Waals surface area contributed by atoms with Gasteiger partial charge >= 0.3 is 0 Å². The first-order valence-corrected chi connectivity index (χ1v) is 6.60. The summed E-state index contributed by atoms with van der Waals surface area (Å²) in [4.78, 5) is 12.1. The summed E-state index contributed by atoms with van der Waals surface area (Å²) in [6.07, 6.45) is 3.38. The minimum atomic E-state index is 0.374. The van der Waals surface area contributed by atoms with Crippen LogP contribution in [0.4, 0.5) is 5.82 Å². The number of rotatable bonds is 5. The Morgan fingerprint density at radius 3 is 2.83 bits per heavy atom. The SMILES string of the molecule is CC(c1cccs1)N(C)Cc1cnc(NN)cn1. The van der Waals surface area contributed by atoms with Gasteiger partial charge < -0.3 is 5.43 Å². The maximum atomic E-state index is 5.25. The Morgan fingerprint density at radius 1 is 1.44 bits per heavy atom. The number of nitrogens with zero attached hydrogens (tertiary/aromatic N) is 3. The van der Waals surface area contributed by atoms with E-state index in [-0.39, 0.29) is 0 Å². The van der Waals surface area contributed by atoms with E-state index >= 15 is 0 Å². The number of aromatic nitrogens is 2. The van der Waals surface area contributed by atoms with Crippen molar-refractivity contribution in [1.82, 2.24) is 14.9 Å². The standard InChI is InChI=1S/C12H17N5S/c1-9(11-4-3-5-18-11)17(2)8-10-6-15-12(16-13)7-14-10/h3-7,9H,8,13H2,1-2H3,(H,15,16). The second-order valence-electron chi connectivity index (χ2n) is 4.14. The van der Waals surface area contributed by atoms with Crippen molar-refractivity contribution in [2.75, 3.05) is 12.5 Å². The van der Waals surface area contributed by atoms with Gasteiger partial charge in [0.05, 0.1) is 18.1 Å². The van der Waals surface area contributed by atoms with Crippen molar-refractivity contribution in [3.8, 4) is 0 Å². The van der Waals surface area contributed by atoms with Gasteiger partial charge in [-0.3, -0.25) is 9.88 Å². The van der Waals surface area contributed by atoms with Gasteiger partial charge in [-0.15, -0.1) is 11.3 Å². The molecule has 2 heterocycles. The van der Waals surface area contributed by atoms with Crippen LogP contribution in [0, 0.1) is 0 Å². The fraction of sp³-hybridized carbons (Fsp3) is 0.333. The Bertz CT molecular complexity index is 468. The van der Waals surface area contributed by atoms with Crippen LogP contribution in [-0.2, 0) is 6.54 Å². The first-order chi connectivity index (χ1) is 8.70. The van der Waals surface area contributed by atoms with Crippen LogP contribution in [0.2, 0.25) is 0 Å². The van der Waals surface area contributed by atoms with E-state index in [4.69, 9.17) is 5.84 Å². The molecule has 2 rings (SSSR count). The molecule has 2 aromatic rings. The molecule has 0 bridgehead atoms. The molecule has 0 fully saturated rings. The Morgan fingerprint density at radius 2 is 2.28 bits per heavy atom. The van der Waals surface area contributed by atoms with Crippen LogP contribution in [0.1, 0.15) is 23.5 Å². The molecule has 0 saturated carbocycles. The lowest BCUT2D eigenvalue weighted by molar-refractivity contribution is 0.253. The number of thiophene rings is 1. The van der Waals surface area contributed by atoms with Crippen molar-refractivity contribution in [3.05, 3.63) is 40.5 Å². The van der Waals surface area contributed by atoms with Gasteiger partial charge in [-0.2, -0.15) is 0 Å². The van der Waals surface area contributed by atoms with Crippen molar-refractivity contribution in [3.63, 3.8) is 0 Å². The molecular weight excluding hydrogens is 246 g/mol. The third kappa shape index (κ3) is 3.04. The van der Waals surface area contributed by atoms with Gasteiger partial charge in [0.1, 0.15) is 0 Å². The second-order valence-corrected chi connectivity index (χ2v) is 5.12. The molecule has 2 aromatic heterocycles. The van der Waals surface area contributed by atoms with Crippen molar-refractivity contribution in [2.24, 2.45) is 5.84 Å². The summed E-state index contributed by atoms with van der Waals surface area (Å²) < 4.78 is 0. The summed E-state index contributed by atoms with van der Waals surface area (Å²) in [5, 5.41) is 2.10. The smallest absolute Gasteiger partial charge is 0.158 e. The molecule has 0 amide bonds. The van der Waals surface area contributed by atoms with Gasteiger partial charge in [-0.1, -0.05) is 6.07 Å². The predicted octanol–water partition coefficient (Wildman–Crippen LogP) is 2.02. The van der Waals surface area contributed by atoms with Crippen LogP contribution in [0.3, 0.4) is 0 Å². The number of hydrogen-bond acceptors (Lipinski definition) is 6. The van der Waals surface area contributed by atoms with Gasteiger partial charge in [0.2, 0.25) is 0 Å². The molecule has 18 heavy (non-hydrogen) atoms. The summed E-state index contributed by atoms with van der Waals surface area (Å²) in [7, 11) is 2.08. The largest absolute Gasteiger partial charge is 0.307 e. The van der Waals surface area contributed by atoms with Gasteiger partial charge in [0.25, 0.3) is 0 Å². The summed E-state index contributed by atoms with van der Waals surface area (Å²) in [6.45, 7) is 2.95. The van der Waals surface area contributed by atoms with Crippen LogP contribution >= 0.6 is 11.3 Å². The zero-order chi connectivity index (χ0) is 13.0. The van der Waals surface area contributed by atoms with Crippen LogP contribution in [0.5, 0.6) is 0 Å². The van der Waals surface area contributed by atoms with Crippen LogP contribution in [0.15, 0.2) is 29.9 Å². The molecule has 0 aromatic carbocycles. The first kappa shape index (κ1) is 12.9. The molecule has 1 atom stereocenters. The van der Waals surface area contributed by atoms with Crippen molar-refractivity contribution in [1.29, 1.82) is 0 Å². The lowest BCUT2D eigenvalue weighted by Gasteiger charge is -2.23. The molecule has 0 aliphatic carbocycles. The highest BCUT2D eigenvalue weighted by Gasteiger charge is 2.13. The topological polar surface area (TPSA) is 67.1 Å². The fourth-order valence-corrected chi connectivity index (χ4v) is 2.50. The quantitative estimate of drug-likeness (QED) is 0.638. The minimum Gasteiger partial charge on any atom is -0.307 e. The predicted molar refractivity (Wildman–Crippen MR) is 74.0 cm³/mol. The average Bonchev–Trinajstić information content (AvgIpc) is 2.92. The average molecular weight is 263 g/mol. The second kappa shape index (κ2) is 5.90. The van der Waals surface area contributed by atoms with E-state index in [1.807, 2.05) is 0 Å². The molecule has 0 spiro atoms. The van der Waals surface area contributed by atoms with Crippen molar-refractivity contribution >= 4 is 17.2 Å². The van der Waals surface area contributed by atoms with E-state index < -0.39 is 0 Å². The molecule has 0 saturated heterocycles. The Labute approximate surface area is 111 Å². The van der Waals surface area contributed by atoms with E-state index in [0.717, 1.165) is 12.2 Å². The molecule has 5 nitrogen and oxygen atoms in total. The number of nitrogens with two attached hydrogens (primary N) is 1. The number of hydrogen-bond donors (Lipinski definition) is 2. The highest BCUT2D eigenvalue weighted by atomic mass is 32.1. The summed E-state index contributed by atoms with van der Waals surface area (Å²) in [6, 6.07) is 4.60. The minimum absolute atomic E-state index is 0.374. The van der Waals surface area contributed by atoms with E-state index in [9.17, 15) is 0 Å². The van der Waals surface area contributed by atoms with E-state index in [1.165, 1.54) is 4.88 Å². The molecule has 6 heteroatoms. The fourth-order valence-electron chi connectivity index (χ4n) is 1.65. The Hall–Kier alpha value is -1.50. The third-order valence-corrected chi connectivity index (χ3v) is 3.92. The number of nitrogen functional groups attached to an aromatic ring is 1. The van der Waals surface area contributed by atoms with Gasteiger partial charge in [-0.25, -0.2) is 10.8 Å². The molecule has 0 aliphatic heterocycles. The monoisotopic (exact) mass is 263 g/mol. The van der Waals surface area contributed by atoms with E-state index in [0.29, 0.717) is 11.9 Å². The number of hydrazine groups is 1. The third-order valence-electron chi connectivity index (χ3n) is 2.88. The van der Waals surface area contributed by atoms with E-state index in [2.05, 4.69) is 51.8 Å². The number of anilines is 1. The highest BCUT2D eigenvalue weighted by Crippen LogP contribution is 2.24. The van der Waals surface area contributed by atoms with Crippen molar-refractivity contribution < 1.29 is 0 Å². The molecule has 1 unspecified atom stereocenters. The summed E-state index contributed by atoms with van der Waals surface area (Å²) >= 11 is 1.77. The molecular formula is C12H17N5S. The summed E-state index contributed by atoms with van der Waals surface area (Å²) in [5.41, 5.74) is 3.40. The van der Waals surface area contributed by atoms with E-state index in [1.54, 1.807) is 23.7 Å². The molecule has 0 radical (unpaired) electrons. The van der Waals surface area contributed by atoms with Crippen LogP contribution in [0.25, 0.3) is 0 Å². The van der Waals surface area contributed by atoms with Gasteiger partial charge in [0.15, 0.2) is 5.82 Å². The highest BCUT2D eigenvalue weighted by molar-refractivity contribution is 7.10. The van der Waals surface area contributed by atoms with Crippen LogP contribution in [-0.4, -0.2) is 21.9 Å². The van der Waals surface area contributed by atoms with Gasteiger partial charge in [0, 0.05) is 17.5 Å². The van der Waals surface area contributed by atoms with Crippen molar-refractivity contribution in [2.45, 2.75) is 19.5 Å². The first-order valence-electron chi connectivity index (χ1n) is 5.72. The maximum absolute atomic E-state index is 5.25. The lowest BCUT2D eigenvalue weighted by Crippen LogP contribution is -2.22. The van der Waals surface area contributed by atoms with Crippen LogP contribution < -0.4 is 11.3 Å². The van der Waals surface area contributed by atoms with Gasteiger partial charge in [-0.05, 0) is 25.4 Å². The maximum Gasteiger partial charge on any atom is 0.158 e. The Kier molecular flexibility index (Phi) is 4.24. The zero-order valence-electron chi connectivity index (χ0n) is 10.5. The zero-order valence-corrected chi connectivity index (χ0v) is 11.3. The Balaban J connectivity index is 1.99. The summed E-state index contributed by atoms with van der Waals surface area (Å²) in [5.74, 6) is 5.83. The number of nitrogens with one attached hydrogen (secondary N) is 1. The normalized spacial score (nSPS) is 12.7.